The second kappa shape index (κ2) is 7.34. The van der Waals surface area contributed by atoms with E-state index in [0.29, 0.717) is 17.0 Å². The normalized spacial score (nSPS) is 16.5. The fraction of sp³-hybridized carbons (Fsp3) is 0.238. The molecule has 4 nitrogen and oxygen atoms in total. The highest BCUT2D eigenvalue weighted by molar-refractivity contribution is 6.23. The largest absolute Gasteiger partial charge is 0.398 e. The molecule has 0 spiro atoms. The molecular weight excluding hydrogens is 312 g/mol. The Bertz CT molecular complexity index is 824. The molecule has 0 atom stereocenters. The third-order valence-electron chi connectivity index (χ3n) is 4.42. The molecule has 0 radical (unpaired) electrons. The monoisotopic (exact) mass is 334 g/mol. The Balaban J connectivity index is 1.82. The Morgan fingerprint density at radius 2 is 1.56 bits per heavy atom. The third-order valence-corrected chi connectivity index (χ3v) is 4.42. The van der Waals surface area contributed by atoms with Crippen molar-refractivity contribution in [3.8, 4) is 0 Å². The Morgan fingerprint density at radius 1 is 0.880 bits per heavy atom. The van der Waals surface area contributed by atoms with Gasteiger partial charge in [0.15, 0.2) is 11.6 Å². The standard InChI is InChI=1S/C21H22N2O2/c1-2-3-4-5-14-6-8-15(9-7-14)23-17-11-13-18(24)20-16(22)10-12-19(25)21(17)20/h6-13,23H,2-5,22H2,1H3. The van der Waals surface area contributed by atoms with E-state index in [1.165, 1.54) is 43.1 Å². The molecule has 2 aliphatic carbocycles. The van der Waals surface area contributed by atoms with Crippen LogP contribution in [0.2, 0.25) is 0 Å². The molecule has 0 unspecified atom stereocenters. The van der Waals surface area contributed by atoms with Crippen LogP contribution in [0.5, 0.6) is 0 Å². The number of carbonyl (C=O) groups is 2. The SMILES string of the molecule is CCCCCc1ccc(NC2=C3C(=O)C=CC(N)=C3C(=O)C=C2)cc1. The molecule has 25 heavy (non-hydrogen) atoms. The summed E-state index contributed by atoms with van der Waals surface area (Å²) in [6.07, 6.45) is 10.7. The topological polar surface area (TPSA) is 72.2 Å². The lowest BCUT2D eigenvalue weighted by atomic mass is 9.86. The number of benzene rings is 1. The number of hydrogen-bond donors (Lipinski definition) is 2. The molecule has 0 bridgehead atoms. The maximum absolute atomic E-state index is 12.3. The lowest BCUT2D eigenvalue weighted by molar-refractivity contribution is -0.114. The average Bonchev–Trinajstić information content (AvgIpc) is 2.61. The van der Waals surface area contributed by atoms with E-state index in [-0.39, 0.29) is 17.1 Å². The number of anilines is 1. The number of allylic oxidation sites excluding steroid dienone is 6. The fourth-order valence-corrected chi connectivity index (χ4v) is 3.05. The van der Waals surface area contributed by atoms with Crippen LogP contribution in [0, 0.1) is 0 Å². The van der Waals surface area contributed by atoms with Crippen molar-refractivity contribution in [3.63, 3.8) is 0 Å². The fourth-order valence-electron chi connectivity index (χ4n) is 3.05. The summed E-state index contributed by atoms with van der Waals surface area (Å²) in [4.78, 5) is 24.3. The number of fused-ring (bicyclic) bond motifs is 1. The highest BCUT2D eigenvalue weighted by Crippen LogP contribution is 2.29. The summed E-state index contributed by atoms with van der Waals surface area (Å²) >= 11 is 0. The van der Waals surface area contributed by atoms with Crippen LogP contribution in [-0.2, 0) is 16.0 Å². The van der Waals surface area contributed by atoms with Crippen molar-refractivity contribution in [3.05, 3.63) is 76.7 Å². The van der Waals surface area contributed by atoms with Gasteiger partial charge in [-0.25, -0.2) is 0 Å². The zero-order valence-electron chi connectivity index (χ0n) is 14.3. The van der Waals surface area contributed by atoms with Crippen LogP contribution in [0.15, 0.2) is 71.1 Å². The Kier molecular flexibility index (Phi) is 4.98. The van der Waals surface area contributed by atoms with Crippen LogP contribution in [0.1, 0.15) is 31.7 Å². The maximum atomic E-state index is 12.3. The number of rotatable bonds is 6. The molecule has 4 heteroatoms. The molecule has 0 saturated heterocycles. The first-order chi connectivity index (χ1) is 12.1. The number of ketones is 2. The van der Waals surface area contributed by atoms with E-state index in [9.17, 15) is 9.59 Å². The number of carbonyl (C=O) groups excluding carboxylic acids is 2. The highest BCUT2D eigenvalue weighted by atomic mass is 16.1. The van der Waals surface area contributed by atoms with Crippen molar-refractivity contribution in [1.29, 1.82) is 0 Å². The van der Waals surface area contributed by atoms with Crippen molar-refractivity contribution >= 4 is 17.3 Å². The van der Waals surface area contributed by atoms with E-state index in [0.717, 1.165) is 12.1 Å². The first kappa shape index (κ1) is 17.0. The van der Waals surface area contributed by atoms with E-state index in [1.54, 1.807) is 6.08 Å². The van der Waals surface area contributed by atoms with Gasteiger partial charge in [-0.15, -0.1) is 0 Å². The molecule has 1 aromatic carbocycles. The van der Waals surface area contributed by atoms with Gasteiger partial charge in [-0.3, -0.25) is 9.59 Å². The summed E-state index contributed by atoms with van der Waals surface area (Å²) in [5.41, 5.74) is 9.64. The van der Waals surface area contributed by atoms with Crippen LogP contribution in [0.4, 0.5) is 5.69 Å². The predicted octanol–water partition coefficient (Wildman–Crippen LogP) is 3.58. The predicted molar refractivity (Wildman–Crippen MR) is 99.8 cm³/mol. The lowest BCUT2D eigenvalue weighted by Crippen LogP contribution is -2.24. The molecule has 0 aliphatic heterocycles. The third kappa shape index (κ3) is 3.63. The molecule has 0 fully saturated rings. The molecule has 0 aromatic heterocycles. The van der Waals surface area contributed by atoms with Crippen LogP contribution in [0.25, 0.3) is 0 Å². The number of nitrogens with two attached hydrogens (primary N) is 1. The summed E-state index contributed by atoms with van der Waals surface area (Å²) in [5.74, 6) is -0.442. The Hall–Kier alpha value is -2.88. The van der Waals surface area contributed by atoms with Crippen molar-refractivity contribution in [1.82, 2.24) is 0 Å². The van der Waals surface area contributed by atoms with Gasteiger partial charge >= 0.3 is 0 Å². The number of hydrogen-bond acceptors (Lipinski definition) is 4. The first-order valence-corrected chi connectivity index (χ1v) is 8.65. The number of aryl methyl sites for hydroxylation is 1. The van der Waals surface area contributed by atoms with Gasteiger partial charge in [0.2, 0.25) is 0 Å². The van der Waals surface area contributed by atoms with Gasteiger partial charge in [-0.2, -0.15) is 0 Å². The Morgan fingerprint density at radius 3 is 2.28 bits per heavy atom. The van der Waals surface area contributed by atoms with Gasteiger partial charge < -0.3 is 11.1 Å². The van der Waals surface area contributed by atoms with E-state index in [4.69, 9.17) is 5.73 Å². The van der Waals surface area contributed by atoms with Crippen molar-refractivity contribution in [2.75, 3.05) is 5.32 Å². The van der Waals surface area contributed by atoms with Crippen LogP contribution < -0.4 is 11.1 Å². The van der Waals surface area contributed by atoms with E-state index in [1.807, 2.05) is 12.1 Å². The molecule has 2 aliphatic rings. The first-order valence-electron chi connectivity index (χ1n) is 8.65. The molecule has 3 N–H and O–H groups in total. The minimum absolute atomic E-state index is 0.208. The second-order valence-corrected chi connectivity index (χ2v) is 6.29. The van der Waals surface area contributed by atoms with E-state index >= 15 is 0 Å². The summed E-state index contributed by atoms with van der Waals surface area (Å²) in [6, 6.07) is 8.17. The summed E-state index contributed by atoms with van der Waals surface area (Å²) in [5, 5.41) is 3.24. The molecule has 0 amide bonds. The molecule has 3 rings (SSSR count). The van der Waals surface area contributed by atoms with Crippen LogP contribution in [0.3, 0.4) is 0 Å². The molecule has 128 valence electrons. The minimum Gasteiger partial charge on any atom is -0.398 e. The van der Waals surface area contributed by atoms with E-state index < -0.39 is 0 Å². The van der Waals surface area contributed by atoms with Crippen molar-refractivity contribution < 1.29 is 9.59 Å². The number of nitrogens with one attached hydrogen (secondary N) is 1. The molecule has 0 heterocycles. The van der Waals surface area contributed by atoms with Crippen molar-refractivity contribution in [2.45, 2.75) is 32.6 Å². The average molecular weight is 334 g/mol. The van der Waals surface area contributed by atoms with Crippen LogP contribution in [-0.4, -0.2) is 11.6 Å². The van der Waals surface area contributed by atoms with Gasteiger partial charge in [0.1, 0.15) is 0 Å². The van der Waals surface area contributed by atoms with Gasteiger partial charge in [0.05, 0.1) is 16.8 Å². The zero-order chi connectivity index (χ0) is 17.8. The smallest absolute Gasteiger partial charge is 0.188 e. The summed E-state index contributed by atoms with van der Waals surface area (Å²) in [6.45, 7) is 2.20. The van der Waals surface area contributed by atoms with Gasteiger partial charge in [-0.05, 0) is 54.8 Å². The lowest BCUT2D eigenvalue weighted by Gasteiger charge is -2.21. The second-order valence-electron chi connectivity index (χ2n) is 6.29. The van der Waals surface area contributed by atoms with Crippen molar-refractivity contribution in [2.24, 2.45) is 5.73 Å². The van der Waals surface area contributed by atoms with Gasteiger partial charge in [0, 0.05) is 11.4 Å². The minimum atomic E-state index is -0.234. The molecular formula is C21H22N2O2. The highest BCUT2D eigenvalue weighted by Gasteiger charge is 2.29. The summed E-state index contributed by atoms with van der Waals surface area (Å²) < 4.78 is 0. The Labute approximate surface area is 147 Å². The molecule has 0 saturated carbocycles. The number of unbranched alkanes of at least 4 members (excludes halogenated alkanes) is 2. The van der Waals surface area contributed by atoms with Crippen LogP contribution >= 0.6 is 0 Å². The maximum Gasteiger partial charge on any atom is 0.188 e. The van der Waals surface area contributed by atoms with Gasteiger partial charge in [0.25, 0.3) is 0 Å². The summed E-state index contributed by atoms with van der Waals surface area (Å²) in [7, 11) is 0. The van der Waals surface area contributed by atoms with Gasteiger partial charge in [-0.1, -0.05) is 31.9 Å². The zero-order valence-corrected chi connectivity index (χ0v) is 14.3. The van der Waals surface area contributed by atoms with E-state index in [2.05, 4.69) is 24.4 Å². The quantitative estimate of drug-likeness (QED) is 0.780. The molecule has 1 aromatic rings.